The van der Waals surface area contributed by atoms with Gasteiger partial charge in [-0.1, -0.05) is 27.2 Å². The Hall–Kier alpha value is -1.06. The number of carbonyl (C=O) groups is 2. The van der Waals surface area contributed by atoms with Gasteiger partial charge in [0.25, 0.3) is 0 Å². The summed E-state index contributed by atoms with van der Waals surface area (Å²) in [6.07, 6.45) is 2.22. The number of likely N-dealkylation sites (tertiary alicyclic amines) is 1. The molecular formula is C13H23NO3. The lowest BCUT2D eigenvalue weighted by Crippen LogP contribution is -2.30. The molecule has 0 aromatic carbocycles. The molecule has 1 fully saturated rings. The molecule has 1 atom stereocenters. The molecule has 0 aromatic rings. The molecule has 0 N–H and O–H groups in total. The fraction of sp³-hybridized carbons (Fsp3) is 0.846. The molecule has 0 radical (unpaired) electrons. The minimum absolute atomic E-state index is 0.0798. The standard InChI is InChI=1S/C13H23NO3/c1-4-5-6-17-13(16)11-7-12(15)14(9-11)8-10(2)3/h10-11H,4-9H2,1-3H3/t11-/m0/s1. The van der Waals surface area contributed by atoms with Crippen LogP contribution < -0.4 is 0 Å². The summed E-state index contributed by atoms with van der Waals surface area (Å²) >= 11 is 0. The van der Waals surface area contributed by atoms with Gasteiger partial charge < -0.3 is 9.64 Å². The van der Waals surface area contributed by atoms with Crippen LogP contribution in [-0.4, -0.2) is 36.5 Å². The molecular weight excluding hydrogens is 218 g/mol. The Labute approximate surface area is 103 Å². The van der Waals surface area contributed by atoms with Crippen molar-refractivity contribution in [1.29, 1.82) is 0 Å². The Kier molecular flexibility index (Phi) is 5.45. The van der Waals surface area contributed by atoms with Gasteiger partial charge in [-0.3, -0.25) is 9.59 Å². The number of ether oxygens (including phenoxy) is 1. The van der Waals surface area contributed by atoms with Crippen LogP contribution in [0.1, 0.15) is 40.0 Å². The van der Waals surface area contributed by atoms with E-state index in [2.05, 4.69) is 20.8 Å². The fourth-order valence-electron chi connectivity index (χ4n) is 1.98. The van der Waals surface area contributed by atoms with E-state index in [1.807, 2.05) is 0 Å². The van der Waals surface area contributed by atoms with Gasteiger partial charge in [0.15, 0.2) is 0 Å². The van der Waals surface area contributed by atoms with Crippen LogP contribution in [0.5, 0.6) is 0 Å². The highest BCUT2D eigenvalue weighted by atomic mass is 16.5. The van der Waals surface area contributed by atoms with E-state index in [1.54, 1.807) is 4.90 Å². The van der Waals surface area contributed by atoms with Crippen molar-refractivity contribution in [2.24, 2.45) is 11.8 Å². The maximum atomic E-state index is 11.7. The Balaban J connectivity index is 2.37. The van der Waals surface area contributed by atoms with Crippen LogP contribution >= 0.6 is 0 Å². The van der Waals surface area contributed by atoms with Crippen LogP contribution in [0.15, 0.2) is 0 Å². The topological polar surface area (TPSA) is 46.6 Å². The van der Waals surface area contributed by atoms with E-state index in [0.29, 0.717) is 25.5 Å². The summed E-state index contributed by atoms with van der Waals surface area (Å²) < 4.78 is 5.15. The summed E-state index contributed by atoms with van der Waals surface area (Å²) in [5.74, 6) is 0.0566. The van der Waals surface area contributed by atoms with Crippen molar-refractivity contribution in [1.82, 2.24) is 4.90 Å². The molecule has 0 bridgehead atoms. The third kappa shape index (κ3) is 4.36. The predicted molar refractivity (Wildman–Crippen MR) is 65.4 cm³/mol. The lowest BCUT2D eigenvalue weighted by atomic mass is 10.1. The molecule has 0 saturated carbocycles. The van der Waals surface area contributed by atoms with Crippen molar-refractivity contribution in [3.05, 3.63) is 0 Å². The first-order valence-electron chi connectivity index (χ1n) is 6.49. The van der Waals surface area contributed by atoms with Gasteiger partial charge in [-0.15, -0.1) is 0 Å². The second-order valence-corrected chi connectivity index (χ2v) is 5.11. The maximum absolute atomic E-state index is 11.7. The summed E-state index contributed by atoms with van der Waals surface area (Å²) in [7, 11) is 0. The van der Waals surface area contributed by atoms with Gasteiger partial charge in [0.1, 0.15) is 0 Å². The number of amides is 1. The van der Waals surface area contributed by atoms with Gasteiger partial charge in [-0.25, -0.2) is 0 Å². The van der Waals surface area contributed by atoms with Gasteiger partial charge >= 0.3 is 5.97 Å². The van der Waals surface area contributed by atoms with Crippen LogP contribution in [0.4, 0.5) is 0 Å². The SMILES string of the molecule is CCCCOC(=O)[C@H]1CC(=O)N(CC(C)C)C1. The van der Waals surface area contributed by atoms with Crippen LogP contribution in [0.25, 0.3) is 0 Å². The van der Waals surface area contributed by atoms with Gasteiger partial charge in [-0.05, 0) is 12.3 Å². The molecule has 98 valence electrons. The van der Waals surface area contributed by atoms with E-state index in [0.717, 1.165) is 19.4 Å². The summed E-state index contributed by atoms with van der Waals surface area (Å²) in [5, 5.41) is 0. The number of hydrogen-bond donors (Lipinski definition) is 0. The van der Waals surface area contributed by atoms with E-state index in [1.165, 1.54) is 0 Å². The van der Waals surface area contributed by atoms with Crippen LogP contribution in [-0.2, 0) is 14.3 Å². The number of unbranched alkanes of at least 4 members (excludes halogenated alkanes) is 1. The Morgan fingerprint density at radius 1 is 1.53 bits per heavy atom. The van der Waals surface area contributed by atoms with Crippen molar-refractivity contribution in [2.45, 2.75) is 40.0 Å². The van der Waals surface area contributed by atoms with Crippen LogP contribution in [0.2, 0.25) is 0 Å². The predicted octanol–water partition coefficient (Wildman–Crippen LogP) is 1.83. The molecule has 0 aromatic heterocycles. The van der Waals surface area contributed by atoms with Gasteiger partial charge in [0.05, 0.1) is 12.5 Å². The molecule has 0 aliphatic carbocycles. The van der Waals surface area contributed by atoms with Crippen molar-refractivity contribution < 1.29 is 14.3 Å². The monoisotopic (exact) mass is 241 g/mol. The summed E-state index contributed by atoms with van der Waals surface area (Å²) in [6.45, 7) is 7.93. The smallest absolute Gasteiger partial charge is 0.311 e. The summed E-state index contributed by atoms with van der Waals surface area (Å²) in [4.78, 5) is 25.1. The van der Waals surface area contributed by atoms with Gasteiger partial charge in [-0.2, -0.15) is 0 Å². The Bertz CT molecular complexity index is 276. The molecule has 1 saturated heterocycles. The van der Waals surface area contributed by atoms with Gasteiger partial charge in [0, 0.05) is 19.5 Å². The van der Waals surface area contributed by atoms with Crippen molar-refractivity contribution >= 4 is 11.9 Å². The second kappa shape index (κ2) is 6.62. The molecule has 1 rings (SSSR count). The molecule has 4 heteroatoms. The molecule has 17 heavy (non-hydrogen) atoms. The average molecular weight is 241 g/mol. The number of hydrogen-bond acceptors (Lipinski definition) is 3. The molecule has 4 nitrogen and oxygen atoms in total. The van der Waals surface area contributed by atoms with E-state index in [4.69, 9.17) is 4.74 Å². The highest BCUT2D eigenvalue weighted by Crippen LogP contribution is 2.20. The number of nitrogens with zero attached hydrogens (tertiary/aromatic N) is 1. The first-order valence-corrected chi connectivity index (χ1v) is 6.49. The van der Waals surface area contributed by atoms with Crippen molar-refractivity contribution in [2.75, 3.05) is 19.7 Å². The quantitative estimate of drug-likeness (QED) is 0.526. The number of esters is 1. The first kappa shape index (κ1) is 14.0. The summed E-state index contributed by atoms with van der Waals surface area (Å²) in [6, 6.07) is 0. The molecule has 0 spiro atoms. The molecule has 1 amide bonds. The first-order chi connectivity index (χ1) is 8.04. The van der Waals surface area contributed by atoms with Crippen molar-refractivity contribution in [3.8, 4) is 0 Å². The Morgan fingerprint density at radius 3 is 2.82 bits per heavy atom. The molecule has 1 aliphatic heterocycles. The van der Waals surface area contributed by atoms with Crippen molar-refractivity contribution in [3.63, 3.8) is 0 Å². The highest BCUT2D eigenvalue weighted by molar-refractivity contribution is 5.86. The zero-order valence-electron chi connectivity index (χ0n) is 11.1. The fourth-order valence-corrected chi connectivity index (χ4v) is 1.98. The zero-order valence-corrected chi connectivity index (χ0v) is 11.1. The third-order valence-corrected chi connectivity index (χ3v) is 2.88. The normalized spacial score (nSPS) is 20.1. The van der Waals surface area contributed by atoms with Crippen LogP contribution in [0.3, 0.4) is 0 Å². The van der Waals surface area contributed by atoms with Crippen LogP contribution in [0, 0.1) is 11.8 Å². The second-order valence-electron chi connectivity index (χ2n) is 5.11. The Morgan fingerprint density at radius 2 is 2.24 bits per heavy atom. The highest BCUT2D eigenvalue weighted by Gasteiger charge is 2.35. The maximum Gasteiger partial charge on any atom is 0.311 e. The largest absolute Gasteiger partial charge is 0.465 e. The lowest BCUT2D eigenvalue weighted by molar-refractivity contribution is -0.148. The minimum atomic E-state index is -0.252. The lowest BCUT2D eigenvalue weighted by Gasteiger charge is -2.18. The van der Waals surface area contributed by atoms with E-state index in [9.17, 15) is 9.59 Å². The van der Waals surface area contributed by atoms with E-state index < -0.39 is 0 Å². The molecule has 0 unspecified atom stereocenters. The summed E-state index contributed by atoms with van der Waals surface area (Å²) in [5.41, 5.74) is 0. The van der Waals surface area contributed by atoms with Gasteiger partial charge in [0.2, 0.25) is 5.91 Å². The average Bonchev–Trinajstić information content (AvgIpc) is 2.60. The zero-order chi connectivity index (χ0) is 12.8. The number of rotatable bonds is 6. The van der Waals surface area contributed by atoms with E-state index in [-0.39, 0.29) is 17.8 Å². The minimum Gasteiger partial charge on any atom is -0.465 e. The number of carbonyl (C=O) groups excluding carboxylic acids is 2. The van der Waals surface area contributed by atoms with E-state index >= 15 is 0 Å². The molecule has 1 heterocycles. The third-order valence-electron chi connectivity index (χ3n) is 2.88. The molecule has 1 aliphatic rings.